The molecule has 0 spiro atoms. The molecule has 3 radical (unpaired) electrons. The molecule has 2 aromatic carbocycles. The Labute approximate surface area is 197 Å². The minimum absolute atomic E-state index is 0.0439. The fourth-order valence-electron chi connectivity index (χ4n) is 6.43. The average molecular weight is 471 g/mol. The quantitative estimate of drug-likeness (QED) is 0.494. The first-order valence-electron chi connectivity index (χ1n) is 11.3. The van der Waals surface area contributed by atoms with Crippen LogP contribution in [0.5, 0.6) is 5.75 Å². The summed E-state index contributed by atoms with van der Waals surface area (Å²) in [5.74, 6) is 1.35. The molecule has 0 fully saturated rings. The fraction of sp³-hybridized carbons (Fsp3) is 0.538. The number of hydrogen-bond acceptors (Lipinski definition) is 4. The normalized spacial score (nSPS) is 17.3. The van der Waals surface area contributed by atoms with Gasteiger partial charge >= 0.3 is 0 Å². The lowest BCUT2D eigenvalue weighted by Gasteiger charge is -2.53. The molecule has 0 saturated carbocycles. The Balaban J connectivity index is 2.35. The second-order valence-electron chi connectivity index (χ2n) is 10.3. The van der Waals surface area contributed by atoms with Gasteiger partial charge in [0.25, 0.3) is 0 Å². The minimum Gasteiger partial charge on any atom is -0.497 e. The summed E-state index contributed by atoms with van der Waals surface area (Å²) in [6, 6.07) is 10.4. The third-order valence-electron chi connectivity index (χ3n) is 7.42. The topological polar surface area (TPSA) is 46.6 Å². The molecule has 3 rings (SSSR count). The number of nitrogens with zero attached hydrogens (tertiary/aromatic N) is 1. The number of benzene rings is 2. The zero-order chi connectivity index (χ0) is 24.2. The molecule has 0 N–H and O–H groups in total. The molecule has 0 bridgehead atoms. The summed E-state index contributed by atoms with van der Waals surface area (Å²) in [6.07, 6.45) is 0. The minimum atomic E-state index is -3.70. The summed E-state index contributed by atoms with van der Waals surface area (Å²) in [5, 5.41) is 0. The Morgan fingerprint density at radius 3 is 1.88 bits per heavy atom. The SMILES string of the molecule is COc1ccc(S(=O)(=O)c2ccc3c(c2C(C)C)C(C)(C)C(C(C)C)(C(C)C)N3[Si])cc1. The van der Waals surface area contributed by atoms with E-state index >= 15 is 0 Å². The maximum absolute atomic E-state index is 13.8. The number of methoxy groups -OCH3 is 1. The molecule has 0 amide bonds. The van der Waals surface area contributed by atoms with Crippen molar-refractivity contribution in [1.29, 1.82) is 0 Å². The van der Waals surface area contributed by atoms with Crippen molar-refractivity contribution in [2.45, 2.75) is 82.1 Å². The average Bonchev–Trinajstić information content (AvgIpc) is 2.90. The van der Waals surface area contributed by atoms with Gasteiger partial charge in [0.1, 0.15) is 5.75 Å². The van der Waals surface area contributed by atoms with E-state index in [1.165, 1.54) is 0 Å². The van der Waals surface area contributed by atoms with Gasteiger partial charge in [0.15, 0.2) is 10.4 Å². The highest BCUT2D eigenvalue weighted by Gasteiger charge is 2.59. The number of fused-ring (bicyclic) bond motifs is 1. The Bertz CT molecular complexity index is 1090. The van der Waals surface area contributed by atoms with Crippen molar-refractivity contribution in [2.24, 2.45) is 11.8 Å². The van der Waals surface area contributed by atoms with Gasteiger partial charge < -0.3 is 9.30 Å². The van der Waals surface area contributed by atoms with Crippen LogP contribution in [0, 0.1) is 11.8 Å². The van der Waals surface area contributed by atoms with Crippen LogP contribution in [0.25, 0.3) is 0 Å². The molecule has 0 aromatic heterocycles. The van der Waals surface area contributed by atoms with E-state index in [0.717, 1.165) is 16.8 Å². The zero-order valence-corrected chi connectivity index (χ0v) is 22.6. The Hall–Kier alpha value is -1.79. The van der Waals surface area contributed by atoms with E-state index in [4.69, 9.17) is 4.74 Å². The molecule has 173 valence electrons. The van der Waals surface area contributed by atoms with E-state index in [1.54, 1.807) is 37.4 Å². The number of sulfone groups is 1. The lowest BCUT2D eigenvalue weighted by Crippen LogP contribution is -2.62. The van der Waals surface area contributed by atoms with E-state index < -0.39 is 9.84 Å². The van der Waals surface area contributed by atoms with Crippen molar-refractivity contribution in [3.05, 3.63) is 47.5 Å². The number of rotatable bonds is 6. The number of anilines is 1. The fourth-order valence-corrected chi connectivity index (χ4v) is 9.03. The van der Waals surface area contributed by atoms with Crippen LogP contribution in [0.2, 0.25) is 0 Å². The monoisotopic (exact) mass is 470 g/mol. The van der Waals surface area contributed by atoms with Gasteiger partial charge in [-0.15, -0.1) is 0 Å². The third kappa shape index (κ3) is 3.25. The van der Waals surface area contributed by atoms with Gasteiger partial charge in [-0.2, -0.15) is 0 Å². The molecule has 32 heavy (non-hydrogen) atoms. The van der Waals surface area contributed by atoms with Crippen LogP contribution in [0.3, 0.4) is 0 Å². The summed E-state index contributed by atoms with van der Waals surface area (Å²) >= 11 is 0. The van der Waals surface area contributed by atoms with Gasteiger partial charge in [0.2, 0.25) is 9.84 Å². The standard InChI is InChI=1S/C26H36NO3SSi/c1-16(2)23-22(31(28,29)20-12-10-19(30-9)11-13-20)15-14-21-24(23)25(7,8)26(17(3)4,18(5)6)27(21)32/h10-18H,1-9H3. The molecule has 0 aliphatic carbocycles. The Kier molecular flexibility index (Phi) is 6.37. The van der Waals surface area contributed by atoms with Crippen molar-refractivity contribution in [3.8, 4) is 5.75 Å². The number of ether oxygens (including phenoxy) is 1. The van der Waals surface area contributed by atoms with E-state index in [9.17, 15) is 8.42 Å². The van der Waals surface area contributed by atoms with Gasteiger partial charge in [-0.1, -0.05) is 55.4 Å². The van der Waals surface area contributed by atoms with Crippen molar-refractivity contribution in [3.63, 3.8) is 0 Å². The molecule has 0 saturated heterocycles. The van der Waals surface area contributed by atoms with Crippen LogP contribution < -0.4 is 9.30 Å². The van der Waals surface area contributed by atoms with Crippen LogP contribution in [-0.4, -0.2) is 31.5 Å². The molecule has 1 aliphatic rings. The highest BCUT2D eigenvalue weighted by atomic mass is 32.2. The molecule has 2 aromatic rings. The predicted molar refractivity (Wildman–Crippen MR) is 133 cm³/mol. The zero-order valence-electron chi connectivity index (χ0n) is 20.8. The summed E-state index contributed by atoms with van der Waals surface area (Å²) in [7, 11) is 1.87. The Morgan fingerprint density at radius 2 is 1.44 bits per heavy atom. The van der Waals surface area contributed by atoms with E-state index in [-0.39, 0.29) is 21.8 Å². The molecule has 4 nitrogen and oxygen atoms in total. The van der Waals surface area contributed by atoms with Crippen LogP contribution >= 0.6 is 0 Å². The second-order valence-corrected chi connectivity index (χ2v) is 12.7. The molecule has 0 atom stereocenters. The van der Waals surface area contributed by atoms with Gasteiger partial charge in [0, 0.05) is 16.6 Å². The van der Waals surface area contributed by atoms with Crippen molar-refractivity contribution >= 4 is 25.9 Å². The molecule has 1 heterocycles. The van der Waals surface area contributed by atoms with Crippen molar-refractivity contribution in [1.82, 2.24) is 0 Å². The maximum Gasteiger partial charge on any atom is 0.206 e. The van der Waals surface area contributed by atoms with E-state index in [0.29, 0.717) is 22.5 Å². The van der Waals surface area contributed by atoms with E-state index in [2.05, 4.69) is 70.4 Å². The molecular weight excluding hydrogens is 434 g/mol. The Morgan fingerprint density at radius 1 is 0.906 bits per heavy atom. The first kappa shape index (κ1) is 24.8. The summed E-state index contributed by atoms with van der Waals surface area (Å²) < 4.78 is 35.1. The van der Waals surface area contributed by atoms with Crippen molar-refractivity contribution < 1.29 is 13.2 Å². The van der Waals surface area contributed by atoms with Gasteiger partial charge in [-0.05, 0) is 65.3 Å². The maximum atomic E-state index is 13.8. The smallest absolute Gasteiger partial charge is 0.206 e. The van der Waals surface area contributed by atoms with Crippen molar-refractivity contribution in [2.75, 3.05) is 11.7 Å². The largest absolute Gasteiger partial charge is 0.497 e. The van der Waals surface area contributed by atoms with Gasteiger partial charge in [0.05, 0.1) is 16.9 Å². The summed E-state index contributed by atoms with van der Waals surface area (Å²) in [4.78, 5) is 0.679. The molecule has 0 unspecified atom stereocenters. The molecule has 6 heteroatoms. The summed E-state index contributed by atoms with van der Waals surface area (Å²) in [5.41, 5.74) is 2.61. The second kappa shape index (κ2) is 8.21. The van der Waals surface area contributed by atoms with Crippen LogP contribution in [0.15, 0.2) is 46.2 Å². The predicted octanol–water partition coefficient (Wildman–Crippen LogP) is 5.88. The molecule has 1 aliphatic heterocycles. The van der Waals surface area contributed by atoms with Gasteiger partial charge in [-0.3, -0.25) is 0 Å². The van der Waals surface area contributed by atoms with Crippen LogP contribution in [0.4, 0.5) is 5.69 Å². The lowest BCUT2D eigenvalue weighted by atomic mass is 9.59. The number of hydrogen-bond donors (Lipinski definition) is 0. The summed E-state index contributed by atoms with van der Waals surface area (Å²) in [6.45, 7) is 17.7. The highest BCUT2D eigenvalue weighted by Crippen LogP contribution is 2.59. The van der Waals surface area contributed by atoms with Crippen LogP contribution in [0.1, 0.15) is 72.4 Å². The molecular formula is C26H36NO3SSi. The van der Waals surface area contributed by atoms with E-state index in [1.807, 2.05) is 6.07 Å². The van der Waals surface area contributed by atoms with Crippen LogP contribution in [-0.2, 0) is 15.3 Å². The van der Waals surface area contributed by atoms with Gasteiger partial charge in [-0.25, -0.2) is 8.42 Å². The highest BCUT2D eigenvalue weighted by molar-refractivity contribution is 7.91. The third-order valence-corrected chi connectivity index (χ3v) is 9.86. The first-order chi connectivity index (χ1) is 14.8. The first-order valence-corrected chi connectivity index (χ1v) is 13.3. The lowest BCUT2D eigenvalue weighted by molar-refractivity contribution is 0.144.